The number of hydrogen-bond acceptors (Lipinski definition) is 2. The fourth-order valence-electron chi connectivity index (χ4n) is 1.99. The molecule has 0 spiro atoms. The van der Waals surface area contributed by atoms with Gasteiger partial charge in [-0.25, -0.2) is 0 Å². The quantitative estimate of drug-likeness (QED) is 0.588. The average molecular weight is 155 g/mol. The predicted molar refractivity (Wildman–Crippen MR) is 39.8 cm³/mol. The Hall–Kier alpha value is -0.570. The van der Waals surface area contributed by atoms with E-state index in [-0.39, 0.29) is 23.5 Å². The summed E-state index contributed by atoms with van der Waals surface area (Å²) in [4.78, 5) is 11.1. The maximum Gasteiger partial charge on any atom is 0.226 e. The topological polar surface area (TPSA) is 55.6 Å². The highest BCUT2D eigenvalue weighted by Crippen LogP contribution is 2.51. The van der Waals surface area contributed by atoms with E-state index in [0.717, 1.165) is 19.3 Å². The maximum absolute atomic E-state index is 11.1. The smallest absolute Gasteiger partial charge is 0.226 e. The van der Waals surface area contributed by atoms with E-state index in [9.17, 15) is 4.79 Å². The van der Waals surface area contributed by atoms with E-state index >= 15 is 0 Å². The zero-order valence-corrected chi connectivity index (χ0v) is 6.67. The third kappa shape index (κ3) is 0.805. The lowest BCUT2D eigenvalue weighted by Gasteiger charge is -2.37. The molecule has 3 heteroatoms. The van der Waals surface area contributed by atoms with Crippen LogP contribution in [0.2, 0.25) is 0 Å². The van der Waals surface area contributed by atoms with Gasteiger partial charge in [0.1, 0.15) is 0 Å². The van der Waals surface area contributed by atoms with Crippen LogP contribution >= 0.6 is 0 Å². The minimum absolute atomic E-state index is 0.133. The number of nitrogens with two attached hydrogens (primary N) is 1. The van der Waals surface area contributed by atoms with Gasteiger partial charge in [-0.15, -0.1) is 0 Å². The zero-order chi connectivity index (χ0) is 8.06. The fraction of sp³-hybridized carbons (Fsp3) is 0.875. The van der Waals surface area contributed by atoms with E-state index in [0.29, 0.717) is 0 Å². The second kappa shape index (κ2) is 1.97. The molecule has 11 heavy (non-hydrogen) atoms. The summed E-state index contributed by atoms with van der Waals surface area (Å²) >= 11 is 0. The molecule has 0 radical (unpaired) electrons. The second-order valence-electron chi connectivity index (χ2n) is 3.64. The summed E-state index contributed by atoms with van der Waals surface area (Å²) in [5, 5.41) is 0. The number of carbonyl (C=O) groups is 1. The molecule has 0 bridgehead atoms. The predicted octanol–water partition coefficient (Wildman–Crippen LogP) is 0.429. The molecule has 2 N–H and O–H groups in total. The highest BCUT2D eigenvalue weighted by atomic mass is 16.6. The van der Waals surface area contributed by atoms with Gasteiger partial charge in [0.25, 0.3) is 0 Å². The summed E-state index contributed by atoms with van der Waals surface area (Å²) in [5.41, 5.74) is 5.04. The van der Waals surface area contributed by atoms with E-state index in [1.807, 2.05) is 6.92 Å². The van der Waals surface area contributed by atoms with Crippen molar-refractivity contribution in [1.82, 2.24) is 0 Å². The van der Waals surface area contributed by atoms with Crippen LogP contribution in [0, 0.1) is 5.41 Å². The standard InChI is InChI=1S/C8H13NO2/c1-5-6(11-5)8(7(9)10)3-2-4-8/h5-6H,2-4H2,1H3,(H2,9,10). The SMILES string of the molecule is CC1OC1C1(C(N)=O)CCC1. The molecule has 2 unspecified atom stereocenters. The first kappa shape index (κ1) is 7.10. The first-order valence-corrected chi connectivity index (χ1v) is 4.12. The summed E-state index contributed by atoms with van der Waals surface area (Å²) in [6.07, 6.45) is 3.36. The molecular weight excluding hydrogens is 142 g/mol. The molecule has 1 amide bonds. The van der Waals surface area contributed by atoms with Crippen molar-refractivity contribution < 1.29 is 9.53 Å². The normalized spacial score (nSPS) is 39.4. The van der Waals surface area contributed by atoms with Gasteiger partial charge in [0.15, 0.2) is 0 Å². The maximum atomic E-state index is 11.1. The molecule has 2 atom stereocenters. The molecule has 1 aliphatic heterocycles. The number of epoxide rings is 1. The lowest BCUT2D eigenvalue weighted by atomic mass is 9.65. The van der Waals surface area contributed by atoms with Gasteiger partial charge in [0, 0.05) is 0 Å². The van der Waals surface area contributed by atoms with E-state index < -0.39 is 0 Å². The van der Waals surface area contributed by atoms with E-state index in [1.165, 1.54) is 0 Å². The Bertz CT molecular complexity index is 198. The molecular formula is C8H13NO2. The summed E-state index contributed by atoms with van der Waals surface area (Å²) in [6.45, 7) is 1.99. The van der Waals surface area contributed by atoms with Crippen LogP contribution < -0.4 is 5.73 Å². The van der Waals surface area contributed by atoms with Gasteiger partial charge in [0.05, 0.1) is 17.6 Å². The summed E-state index contributed by atoms with van der Waals surface area (Å²) < 4.78 is 5.28. The summed E-state index contributed by atoms with van der Waals surface area (Å²) in [5.74, 6) is -0.168. The average Bonchev–Trinajstić information content (AvgIpc) is 2.42. The molecule has 62 valence electrons. The monoisotopic (exact) mass is 155 g/mol. The van der Waals surface area contributed by atoms with Crippen LogP contribution in [0.3, 0.4) is 0 Å². The number of hydrogen-bond donors (Lipinski definition) is 1. The van der Waals surface area contributed by atoms with Gasteiger partial charge in [0.2, 0.25) is 5.91 Å². The summed E-state index contributed by atoms with van der Waals surface area (Å²) in [7, 11) is 0. The van der Waals surface area contributed by atoms with E-state index in [4.69, 9.17) is 10.5 Å². The van der Waals surface area contributed by atoms with Crippen molar-refractivity contribution in [3.05, 3.63) is 0 Å². The van der Waals surface area contributed by atoms with Crippen LogP contribution in [-0.4, -0.2) is 18.1 Å². The Kier molecular flexibility index (Phi) is 1.27. The Morgan fingerprint density at radius 1 is 1.64 bits per heavy atom. The van der Waals surface area contributed by atoms with Crippen molar-refractivity contribution in [2.24, 2.45) is 11.1 Å². The number of primary amides is 1. The number of carbonyl (C=O) groups excluding carboxylic acids is 1. The van der Waals surface area contributed by atoms with Crippen LogP contribution in [-0.2, 0) is 9.53 Å². The van der Waals surface area contributed by atoms with Gasteiger partial charge >= 0.3 is 0 Å². The van der Waals surface area contributed by atoms with Gasteiger partial charge in [-0.1, -0.05) is 6.42 Å². The van der Waals surface area contributed by atoms with Crippen LogP contribution in [0.1, 0.15) is 26.2 Å². The minimum atomic E-state index is -0.278. The van der Waals surface area contributed by atoms with Crippen LogP contribution in [0.5, 0.6) is 0 Å². The van der Waals surface area contributed by atoms with Crippen molar-refractivity contribution in [2.75, 3.05) is 0 Å². The minimum Gasteiger partial charge on any atom is -0.369 e. The first-order valence-electron chi connectivity index (χ1n) is 4.12. The lowest BCUT2D eigenvalue weighted by molar-refractivity contribution is -0.134. The molecule has 1 saturated heterocycles. The van der Waals surface area contributed by atoms with Crippen LogP contribution in [0.4, 0.5) is 0 Å². The summed E-state index contributed by atoms with van der Waals surface area (Å²) in [6, 6.07) is 0. The fourth-order valence-corrected chi connectivity index (χ4v) is 1.99. The second-order valence-corrected chi connectivity index (χ2v) is 3.64. The molecule has 2 rings (SSSR count). The molecule has 2 aliphatic rings. The molecule has 0 aromatic rings. The molecule has 0 aromatic heterocycles. The van der Waals surface area contributed by atoms with Crippen molar-refractivity contribution in [1.29, 1.82) is 0 Å². The Labute approximate surface area is 65.9 Å². The van der Waals surface area contributed by atoms with Crippen molar-refractivity contribution in [2.45, 2.75) is 38.4 Å². The van der Waals surface area contributed by atoms with Crippen molar-refractivity contribution in [3.63, 3.8) is 0 Å². The first-order chi connectivity index (χ1) is 5.17. The largest absolute Gasteiger partial charge is 0.369 e. The Morgan fingerprint density at radius 3 is 2.27 bits per heavy atom. The van der Waals surface area contributed by atoms with Gasteiger partial charge in [-0.2, -0.15) is 0 Å². The molecule has 1 saturated carbocycles. The van der Waals surface area contributed by atoms with Gasteiger partial charge in [-0.05, 0) is 19.8 Å². The highest BCUT2D eigenvalue weighted by Gasteiger charge is 2.59. The van der Waals surface area contributed by atoms with Crippen molar-refractivity contribution in [3.8, 4) is 0 Å². The number of rotatable bonds is 2. The molecule has 3 nitrogen and oxygen atoms in total. The number of ether oxygens (including phenoxy) is 1. The van der Waals surface area contributed by atoms with Gasteiger partial charge < -0.3 is 10.5 Å². The third-order valence-corrected chi connectivity index (χ3v) is 2.99. The zero-order valence-electron chi connectivity index (χ0n) is 6.67. The third-order valence-electron chi connectivity index (χ3n) is 2.99. The highest BCUT2D eigenvalue weighted by molar-refractivity contribution is 5.83. The molecule has 0 aromatic carbocycles. The lowest BCUT2D eigenvalue weighted by Crippen LogP contribution is -2.47. The van der Waals surface area contributed by atoms with Crippen LogP contribution in [0.15, 0.2) is 0 Å². The molecule has 2 fully saturated rings. The molecule has 1 aliphatic carbocycles. The molecule has 1 heterocycles. The Balaban J connectivity index is 2.11. The number of amides is 1. The van der Waals surface area contributed by atoms with Crippen LogP contribution in [0.25, 0.3) is 0 Å². The Morgan fingerprint density at radius 2 is 2.18 bits per heavy atom. The van der Waals surface area contributed by atoms with Gasteiger partial charge in [-0.3, -0.25) is 4.79 Å². The van der Waals surface area contributed by atoms with E-state index in [1.54, 1.807) is 0 Å². The van der Waals surface area contributed by atoms with Crippen molar-refractivity contribution >= 4 is 5.91 Å². The van der Waals surface area contributed by atoms with E-state index in [2.05, 4.69) is 0 Å².